The van der Waals surface area contributed by atoms with Crippen LogP contribution in [0.3, 0.4) is 0 Å². The minimum atomic E-state index is -0.0830. The van der Waals surface area contributed by atoms with Gasteiger partial charge in [0.15, 0.2) is 0 Å². The molecular formula is C14H22N2O3S. The fourth-order valence-electron chi connectivity index (χ4n) is 2.35. The first-order chi connectivity index (χ1) is 9.56. The lowest BCUT2D eigenvalue weighted by Crippen LogP contribution is -2.39. The van der Waals surface area contributed by atoms with Gasteiger partial charge in [0.05, 0.1) is 5.69 Å². The average molecular weight is 298 g/mol. The van der Waals surface area contributed by atoms with Crippen LogP contribution < -0.4 is 0 Å². The number of aromatic nitrogens is 1. The monoisotopic (exact) mass is 298 g/mol. The lowest BCUT2D eigenvalue weighted by molar-refractivity contribution is 0.0654. The maximum Gasteiger partial charge on any atom is 0.265 e. The molecule has 1 aromatic rings. The lowest BCUT2D eigenvalue weighted by atomic mass is 9.98. The third-order valence-corrected chi connectivity index (χ3v) is 5.18. The number of carbonyl (C=O) groups is 1. The van der Waals surface area contributed by atoms with Gasteiger partial charge in [0, 0.05) is 26.8 Å². The third-order valence-electron chi connectivity index (χ3n) is 3.87. The zero-order valence-electron chi connectivity index (χ0n) is 12.3. The number of aliphatic hydroxyl groups excluding tert-OH is 1. The zero-order chi connectivity index (χ0) is 14.7. The molecule has 20 heavy (non-hydrogen) atoms. The van der Waals surface area contributed by atoms with Gasteiger partial charge in [-0.3, -0.25) is 4.79 Å². The molecule has 1 aliphatic rings. The van der Waals surface area contributed by atoms with Gasteiger partial charge in [-0.2, -0.15) is 0 Å². The van der Waals surface area contributed by atoms with Crippen LogP contribution in [0.1, 0.15) is 46.2 Å². The van der Waals surface area contributed by atoms with Crippen molar-refractivity contribution in [2.45, 2.75) is 32.8 Å². The number of aryl methyl sites for hydroxylation is 1. The smallest absolute Gasteiger partial charge is 0.265 e. The van der Waals surface area contributed by atoms with Gasteiger partial charge in [-0.15, -0.1) is 11.3 Å². The van der Waals surface area contributed by atoms with Gasteiger partial charge in [0.25, 0.3) is 5.91 Å². The number of likely N-dealkylation sites (tertiary alicyclic amines) is 1. The van der Waals surface area contributed by atoms with Gasteiger partial charge in [0.2, 0.25) is 0 Å². The van der Waals surface area contributed by atoms with Crippen molar-refractivity contribution in [3.8, 4) is 0 Å². The van der Waals surface area contributed by atoms with E-state index in [2.05, 4.69) is 4.98 Å². The molecule has 0 saturated carbocycles. The summed E-state index contributed by atoms with van der Waals surface area (Å²) in [5, 5.41) is 9.99. The van der Waals surface area contributed by atoms with E-state index in [4.69, 9.17) is 9.84 Å². The van der Waals surface area contributed by atoms with Crippen molar-refractivity contribution >= 4 is 17.2 Å². The molecule has 0 aliphatic carbocycles. The van der Waals surface area contributed by atoms with Crippen LogP contribution in [0.15, 0.2) is 0 Å². The van der Waals surface area contributed by atoms with Crippen molar-refractivity contribution < 1.29 is 14.6 Å². The van der Waals surface area contributed by atoms with Crippen molar-refractivity contribution in [2.24, 2.45) is 5.92 Å². The predicted octanol–water partition coefficient (Wildman–Crippen LogP) is 2.00. The van der Waals surface area contributed by atoms with Crippen LogP contribution in [0.5, 0.6) is 0 Å². The first kappa shape index (κ1) is 15.4. The summed E-state index contributed by atoms with van der Waals surface area (Å²) in [6, 6.07) is 0. The number of carbonyl (C=O) groups excluding carboxylic acids is 1. The number of amides is 1. The highest BCUT2D eigenvalue weighted by Gasteiger charge is 2.26. The van der Waals surface area contributed by atoms with Gasteiger partial charge in [-0.25, -0.2) is 4.98 Å². The molecule has 6 heteroatoms. The molecule has 112 valence electrons. The Balaban J connectivity index is 2.08. The molecule has 1 aromatic heterocycles. The quantitative estimate of drug-likeness (QED) is 0.923. The molecule has 1 aliphatic heterocycles. The molecule has 1 saturated heterocycles. The number of methoxy groups -OCH3 is 1. The Morgan fingerprint density at radius 3 is 2.75 bits per heavy atom. The minimum absolute atomic E-state index is 0.0611. The number of thiazole rings is 1. The van der Waals surface area contributed by atoms with E-state index in [0.29, 0.717) is 10.8 Å². The van der Waals surface area contributed by atoms with Gasteiger partial charge in [-0.1, -0.05) is 0 Å². The molecule has 1 amide bonds. The standard InChI is InChI=1S/C14H22N2O3S/c1-9-12(20-13(15-9)10(2)19-3)14(18)16-6-4-11(8-17)5-7-16/h10-11,17H,4-8H2,1-3H3. The van der Waals surface area contributed by atoms with Crippen LogP contribution in [0.25, 0.3) is 0 Å². The van der Waals surface area contributed by atoms with Crippen LogP contribution in [0, 0.1) is 12.8 Å². The first-order valence-electron chi connectivity index (χ1n) is 6.97. The summed E-state index contributed by atoms with van der Waals surface area (Å²) in [6.45, 7) is 5.46. The number of hydrogen-bond acceptors (Lipinski definition) is 5. The molecule has 1 unspecified atom stereocenters. The van der Waals surface area contributed by atoms with Crippen molar-refractivity contribution in [2.75, 3.05) is 26.8 Å². The summed E-state index contributed by atoms with van der Waals surface area (Å²) in [5.74, 6) is 0.400. The molecule has 0 aromatic carbocycles. The second kappa shape index (κ2) is 6.65. The van der Waals surface area contributed by atoms with Crippen molar-refractivity contribution in [1.29, 1.82) is 0 Å². The van der Waals surface area contributed by atoms with Crippen LogP contribution >= 0.6 is 11.3 Å². The first-order valence-corrected chi connectivity index (χ1v) is 7.78. The van der Waals surface area contributed by atoms with Crippen molar-refractivity contribution in [3.63, 3.8) is 0 Å². The summed E-state index contributed by atoms with van der Waals surface area (Å²) in [7, 11) is 1.64. The summed E-state index contributed by atoms with van der Waals surface area (Å²) in [6.07, 6.45) is 1.67. The Bertz CT molecular complexity index is 467. The number of aliphatic hydroxyl groups is 1. The van der Waals surface area contributed by atoms with Gasteiger partial charge in [0.1, 0.15) is 16.0 Å². The Labute approximate surface area is 123 Å². The van der Waals surface area contributed by atoms with E-state index in [1.54, 1.807) is 7.11 Å². The largest absolute Gasteiger partial charge is 0.396 e. The van der Waals surface area contributed by atoms with Gasteiger partial charge in [-0.05, 0) is 32.6 Å². The topological polar surface area (TPSA) is 62.7 Å². The SMILES string of the molecule is COC(C)c1nc(C)c(C(=O)N2CCC(CO)CC2)s1. The van der Waals surface area contributed by atoms with Crippen LogP contribution in [0.4, 0.5) is 0 Å². The molecule has 0 spiro atoms. The minimum Gasteiger partial charge on any atom is -0.396 e. The van der Waals surface area contributed by atoms with Crippen molar-refractivity contribution in [3.05, 3.63) is 15.6 Å². The van der Waals surface area contributed by atoms with E-state index < -0.39 is 0 Å². The van der Waals surface area contributed by atoms with Crippen LogP contribution in [-0.4, -0.2) is 47.7 Å². The fourth-order valence-corrected chi connectivity index (χ4v) is 3.42. The number of ether oxygens (including phenoxy) is 1. The van der Waals surface area contributed by atoms with Gasteiger partial charge >= 0.3 is 0 Å². The lowest BCUT2D eigenvalue weighted by Gasteiger charge is -2.30. The Kier molecular flexibility index (Phi) is 5.12. The highest BCUT2D eigenvalue weighted by atomic mass is 32.1. The van der Waals surface area contributed by atoms with E-state index in [1.165, 1.54) is 11.3 Å². The number of hydrogen-bond donors (Lipinski definition) is 1. The molecule has 2 rings (SSSR count). The highest BCUT2D eigenvalue weighted by molar-refractivity contribution is 7.13. The van der Waals surface area contributed by atoms with E-state index in [1.807, 2.05) is 18.7 Å². The molecule has 0 bridgehead atoms. The van der Waals surface area contributed by atoms with E-state index in [-0.39, 0.29) is 18.6 Å². The zero-order valence-corrected chi connectivity index (χ0v) is 13.1. The molecule has 0 radical (unpaired) electrons. The van der Waals surface area contributed by atoms with Gasteiger partial charge < -0.3 is 14.7 Å². The summed E-state index contributed by atoms with van der Waals surface area (Å²) < 4.78 is 5.25. The second-order valence-corrected chi connectivity index (χ2v) is 6.29. The summed E-state index contributed by atoms with van der Waals surface area (Å²) >= 11 is 1.42. The predicted molar refractivity (Wildman–Crippen MR) is 78.0 cm³/mol. The molecular weight excluding hydrogens is 276 g/mol. The van der Waals surface area contributed by atoms with E-state index in [0.717, 1.165) is 36.6 Å². The summed E-state index contributed by atoms with van der Waals surface area (Å²) in [4.78, 5) is 19.6. The maximum absolute atomic E-state index is 12.5. The van der Waals surface area contributed by atoms with E-state index in [9.17, 15) is 4.79 Å². The molecule has 5 nitrogen and oxygen atoms in total. The molecule has 1 atom stereocenters. The summed E-state index contributed by atoms with van der Waals surface area (Å²) in [5.41, 5.74) is 0.781. The second-order valence-electron chi connectivity index (χ2n) is 5.26. The molecule has 2 heterocycles. The average Bonchev–Trinajstić information content (AvgIpc) is 2.87. The third kappa shape index (κ3) is 3.19. The normalized spacial score (nSPS) is 18.3. The fraction of sp³-hybridized carbons (Fsp3) is 0.714. The van der Waals surface area contributed by atoms with Crippen LogP contribution in [-0.2, 0) is 4.74 Å². The number of rotatable bonds is 4. The van der Waals surface area contributed by atoms with E-state index >= 15 is 0 Å². The highest BCUT2D eigenvalue weighted by Crippen LogP contribution is 2.27. The van der Waals surface area contributed by atoms with Crippen LogP contribution in [0.2, 0.25) is 0 Å². The maximum atomic E-state index is 12.5. The molecule has 1 N–H and O–H groups in total. The molecule has 1 fully saturated rings. The van der Waals surface area contributed by atoms with Crippen molar-refractivity contribution in [1.82, 2.24) is 9.88 Å². The number of nitrogens with zero attached hydrogens (tertiary/aromatic N) is 2. The Morgan fingerprint density at radius 1 is 1.55 bits per heavy atom. The number of piperidine rings is 1. The Morgan fingerprint density at radius 2 is 2.20 bits per heavy atom. The Hall–Kier alpha value is -0.980.